The summed E-state index contributed by atoms with van der Waals surface area (Å²) in [6.45, 7) is 1.48. The van der Waals surface area contributed by atoms with Crippen molar-refractivity contribution in [3.05, 3.63) is 18.2 Å². The molecule has 112 valence electrons. The Labute approximate surface area is 114 Å². The zero-order chi connectivity index (χ0) is 15.2. The van der Waals surface area contributed by atoms with Crippen LogP contribution in [0.15, 0.2) is 12.5 Å². The summed E-state index contributed by atoms with van der Waals surface area (Å²) >= 11 is 0. The number of carbonyl (C=O) groups is 2. The smallest absolute Gasteiger partial charge is 0.421 e. The first-order valence-corrected chi connectivity index (χ1v) is 6.99. The summed E-state index contributed by atoms with van der Waals surface area (Å²) in [7, 11) is -4.34. The molecule has 0 fully saturated rings. The maximum atomic E-state index is 11.5. The fourth-order valence-corrected chi connectivity index (χ4v) is 2.18. The zero-order valence-electron chi connectivity index (χ0n) is 10.5. The largest absolute Gasteiger partial charge is 0.480 e. The molecule has 0 radical (unpaired) electrons. The van der Waals surface area contributed by atoms with Crippen molar-refractivity contribution in [1.29, 1.82) is 0 Å². The van der Waals surface area contributed by atoms with Crippen LogP contribution >= 0.6 is 0 Å². The van der Waals surface area contributed by atoms with Crippen LogP contribution in [0.1, 0.15) is 12.6 Å². The molecule has 20 heavy (non-hydrogen) atoms. The Hall–Kier alpha value is -2.14. The second-order valence-electron chi connectivity index (χ2n) is 3.62. The average molecular weight is 306 g/mol. The van der Waals surface area contributed by atoms with Gasteiger partial charge in [0, 0.05) is 18.3 Å². The molecule has 1 amide bonds. The van der Waals surface area contributed by atoms with E-state index in [4.69, 9.17) is 5.11 Å². The number of imidazole rings is 1. The van der Waals surface area contributed by atoms with E-state index >= 15 is 0 Å². The van der Waals surface area contributed by atoms with Gasteiger partial charge in [-0.3, -0.25) is 4.79 Å². The third-order valence-electron chi connectivity index (χ3n) is 2.07. The van der Waals surface area contributed by atoms with E-state index in [1.54, 1.807) is 0 Å². The number of hydrogen-bond acceptors (Lipinski definition) is 6. The highest BCUT2D eigenvalue weighted by Gasteiger charge is 2.26. The van der Waals surface area contributed by atoms with Gasteiger partial charge in [0.1, 0.15) is 6.04 Å². The number of ether oxygens (including phenoxy) is 1. The highest BCUT2D eigenvalue weighted by molar-refractivity contribution is 7.88. The topological polar surface area (TPSA) is 150 Å². The van der Waals surface area contributed by atoms with Crippen LogP contribution in [0.25, 0.3) is 0 Å². The first kappa shape index (κ1) is 15.9. The lowest BCUT2D eigenvalue weighted by atomic mass is 10.2. The van der Waals surface area contributed by atoms with Crippen LogP contribution in [0.4, 0.5) is 4.79 Å². The van der Waals surface area contributed by atoms with E-state index in [0.29, 0.717) is 5.69 Å². The summed E-state index contributed by atoms with van der Waals surface area (Å²) in [5.41, 5.74) is 0.427. The van der Waals surface area contributed by atoms with Gasteiger partial charge >= 0.3 is 22.3 Å². The minimum Gasteiger partial charge on any atom is -0.480 e. The summed E-state index contributed by atoms with van der Waals surface area (Å²) in [6.07, 6.45) is 1.35. The summed E-state index contributed by atoms with van der Waals surface area (Å²) in [4.78, 5) is 28.4. The normalized spacial score (nSPS) is 12.7. The Morgan fingerprint density at radius 1 is 1.55 bits per heavy atom. The van der Waals surface area contributed by atoms with Gasteiger partial charge in [-0.1, -0.05) is 0 Å². The predicted octanol–water partition coefficient (Wildman–Crippen LogP) is -1.01. The number of aromatic amines is 1. The molecule has 0 aromatic carbocycles. The number of hydrogen-bond donors (Lipinski definition) is 4. The SMILES string of the molecule is CCOC(=O)NS(=O)(=O)N[C@H](Cc1cnc[nH]1)C(=O)O. The van der Waals surface area contributed by atoms with Crippen LogP contribution in [0.3, 0.4) is 0 Å². The van der Waals surface area contributed by atoms with Gasteiger partial charge in [0.25, 0.3) is 0 Å². The second kappa shape index (κ2) is 6.86. The van der Waals surface area contributed by atoms with E-state index in [-0.39, 0.29) is 13.0 Å². The van der Waals surface area contributed by atoms with Crippen molar-refractivity contribution in [2.24, 2.45) is 0 Å². The Morgan fingerprint density at radius 3 is 2.75 bits per heavy atom. The van der Waals surface area contributed by atoms with Crippen molar-refractivity contribution in [1.82, 2.24) is 19.4 Å². The molecular formula is C9H14N4O6S. The number of aromatic nitrogens is 2. The van der Waals surface area contributed by atoms with Crippen LogP contribution in [0.5, 0.6) is 0 Å². The molecule has 1 aromatic rings. The molecule has 1 atom stereocenters. The first-order valence-electron chi connectivity index (χ1n) is 5.51. The zero-order valence-corrected chi connectivity index (χ0v) is 11.3. The van der Waals surface area contributed by atoms with Crippen LogP contribution in [0, 0.1) is 0 Å². The Balaban J connectivity index is 2.69. The van der Waals surface area contributed by atoms with Crippen LogP contribution in [-0.2, 0) is 26.2 Å². The van der Waals surface area contributed by atoms with E-state index in [2.05, 4.69) is 14.7 Å². The second-order valence-corrected chi connectivity index (χ2v) is 5.06. The molecule has 0 unspecified atom stereocenters. The standard InChI is InChI=1S/C9H14N4O6S/c1-2-19-9(16)13-20(17,18)12-7(8(14)15)3-6-4-10-5-11-6/h4-5,7,12H,2-3H2,1H3,(H,10,11)(H,13,16)(H,14,15)/t7-/m1/s1. The lowest BCUT2D eigenvalue weighted by Crippen LogP contribution is -2.49. The molecule has 1 rings (SSSR count). The van der Waals surface area contributed by atoms with E-state index in [0.717, 1.165) is 0 Å². The highest BCUT2D eigenvalue weighted by Crippen LogP contribution is 2.00. The Bertz CT molecular complexity index is 555. The number of carboxylic acids is 1. The Kier molecular flexibility index (Phi) is 5.46. The fraction of sp³-hybridized carbons (Fsp3) is 0.444. The van der Waals surface area contributed by atoms with Crippen LogP contribution in [-0.4, -0.2) is 48.2 Å². The molecule has 0 aliphatic carbocycles. The molecule has 0 bridgehead atoms. The Morgan fingerprint density at radius 2 is 2.25 bits per heavy atom. The molecule has 0 saturated heterocycles. The summed E-state index contributed by atoms with van der Waals surface area (Å²) in [5, 5.41) is 8.97. The number of nitrogens with one attached hydrogen (secondary N) is 3. The maximum Gasteiger partial charge on any atom is 0.421 e. The monoisotopic (exact) mass is 306 g/mol. The molecule has 0 spiro atoms. The molecule has 1 aromatic heterocycles. The molecule has 10 nitrogen and oxygen atoms in total. The van der Waals surface area contributed by atoms with Gasteiger partial charge in [-0.15, -0.1) is 0 Å². The lowest BCUT2D eigenvalue weighted by Gasteiger charge is -2.14. The minimum atomic E-state index is -4.34. The van der Waals surface area contributed by atoms with Crippen molar-refractivity contribution >= 4 is 22.3 Å². The van der Waals surface area contributed by atoms with Gasteiger partial charge < -0.3 is 14.8 Å². The number of nitrogens with zero attached hydrogens (tertiary/aromatic N) is 1. The van der Waals surface area contributed by atoms with Gasteiger partial charge in [-0.2, -0.15) is 13.1 Å². The van der Waals surface area contributed by atoms with Crippen molar-refractivity contribution in [2.75, 3.05) is 6.61 Å². The quantitative estimate of drug-likeness (QED) is 0.503. The average Bonchev–Trinajstić information content (AvgIpc) is 2.79. The molecule has 0 aliphatic heterocycles. The fourth-order valence-electron chi connectivity index (χ4n) is 1.28. The van der Waals surface area contributed by atoms with Crippen LogP contribution < -0.4 is 9.44 Å². The van der Waals surface area contributed by atoms with E-state index in [9.17, 15) is 18.0 Å². The lowest BCUT2D eigenvalue weighted by molar-refractivity contribution is -0.138. The van der Waals surface area contributed by atoms with E-state index < -0.39 is 28.3 Å². The van der Waals surface area contributed by atoms with Gasteiger partial charge in [-0.25, -0.2) is 14.5 Å². The van der Waals surface area contributed by atoms with Crippen molar-refractivity contribution in [3.8, 4) is 0 Å². The summed E-state index contributed by atoms with van der Waals surface area (Å²) in [6, 6.07) is -1.46. The highest BCUT2D eigenvalue weighted by atomic mass is 32.2. The number of rotatable bonds is 7. The number of H-pyrrole nitrogens is 1. The number of aliphatic carboxylic acids is 1. The minimum absolute atomic E-state index is 0.0160. The third-order valence-corrected chi connectivity index (χ3v) is 3.10. The third kappa shape index (κ3) is 5.24. The van der Waals surface area contributed by atoms with Gasteiger partial charge in [0.2, 0.25) is 0 Å². The molecular weight excluding hydrogens is 292 g/mol. The van der Waals surface area contributed by atoms with Gasteiger partial charge in [-0.05, 0) is 6.92 Å². The molecule has 4 N–H and O–H groups in total. The van der Waals surface area contributed by atoms with Crippen LogP contribution in [0.2, 0.25) is 0 Å². The molecule has 1 heterocycles. The maximum absolute atomic E-state index is 11.5. The van der Waals surface area contributed by atoms with Gasteiger partial charge in [0.05, 0.1) is 12.9 Å². The summed E-state index contributed by atoms with van der Waals surface area (Å²) < 4.78 is 30.9. The van der Waals surface area contributed by atoms with E-state index in [1.165, 1.54) is 24.2 Å². The number of carboxylic acid groups (broad SMARTS) is 1. The summed E-state index contributed by atoms with van der Waals surface area (Å²) in [5.74, 6) is -1.39. The predicted molar refractivity (Wildman–Crippen MR) is 65.9 cm³/mol. The number of amides is 1. The molecule has 0 aliphatic rings. The van der Waals surface area contributed by atoms with Crippen molar-refractivity contribution < 1.29 is 27.9 Å². The van der Waals surface area contributed by atoms with Gasteiger partial charge in [0.15, 0.2) is 0 Å². The number of carbonyl (C=O) groups excluding carboxylic acids is 1. The molecule has 11 heteroatoms. The first-order chi connectivity index (χ1) is 9.34. The van der Waals surface area contributed by atoms with E-state index in [1.807, 2.05) is 4.72 Å². The van der Waals surface area contributed by atoms with Crippen molar-refractivity contribution in [2.45, 2.75) is 19.4 Å². The molecule has 0 saturated carbocycles. The van der Waals surface area contributed by atoms with Crippen molar-refractivity contribution in [3.63, 3.8) is 0 Å².